The van der Waals surface area contributed by atoms with E-state index in [1.54, 1.807) is 24.1 Å². The van der Waals surface area contributed by atoms with Gasteiger partial charge in [0.05, 0.1) is 12.3 Å². The van der Waals surface area contributed by atoms with Crippen LogP contribution in [0.4, 0.5) is 5.69 Å². The molecule has 0 radical (unpaired) electrons. The van der Waals surface area contributed by atoms with E-state index < -0.39 is 23.9 Å². The minimum absolute atomic E-state index is 0.132. The van der Waals surface area contributed by atoms with E-state index in [0.717, 1.165) is 11.9 Å². The Labute approximate surface area is 144 Å². The molecule has 0 aliphatic rings. The molecule has 1 rings (SSSR count). The minimum atomic E-state index is -1.30. The lowest BCUT2D eigenvalue weighted by atomic mass is 10.1. The quantitative estimate of drug-likeness (QED) is 0.395. The predicted molar refractivity (Wildman–Crippen MR) is 92.0 cm³/mol. The van der Waals surface area contributed by atoms with Crippen LogP contribution in [0.2, 0.25) is 0 Å². The van der Waals surface area contributed by atoms with E-state index in [-0.39, 0.29) is 30.7 Å². The van der Waals surface area contributed by atoms with E-state index >= 15 is 0 Å². The summed E-state index contributed by atoms with van der Waals surface area (Å²) in [5.41, 5.74) is 1.09. The zero-order chi connectivity index (χ0) is 19.0. The van der Waals surface area contributed by atoms with Gasteiger partial charge in [-0.25, -0.2) is 4.79 Å². The molecule has 0 spiro atoms. The molecule has 0 saturated carbocycles. The second kappa shape index (κ2) is 9.16. The van der Waals surface area contributed by atoms with E-state index in [4.69, 9.17) is 21.0 Å². The van der Waals surface area contributed by atoms with Crippen molar-refractivity contribution in [1.82, 2.24) is 5.32 Å². The van der Waals surface area contributed by atoms with Crippen molar-refractivity contribution in [3.63, 3.8) is 0 Å². The van der Waals surface area contributed by atoms with Crippen molar-refractivity contribution in [2.45, 2.75) is 18.9 Å². The number of nitrogens with one attached hydrogen (secondary N) is 3. The SMILES string of the molecule is CN(CC(=N)C=N)c1ccc(C(=O)N[C@@H](CCC(=O)O)C(=O)O)cc1. The average molecular weight is 348 g/mol. The number of anilines is 1. The first-order chi connectivity index (χ1) is 11.7. The van der Waals surface area contributed by atoms with Crippen LogP contribution in [-0.2, 0) is 9.59 Å². The fraction of sp³-hybridized carbons (Fsp3) is 0.312. The number of hydrogen-bond donors (Lipinski definition) is 5. The van der Waals surface area contributed by atoms with Crippen LogP contribution in [0.5, 0.6) is 0 Å². The van der Waals surface area contributed by atoms with Gasteiger partial charge in [-0.3, -0.25) is 9.59 Å². The summed E-state index contributed by atoms with van der Waals surface area (Å²) in [5, 5.41) is 34.4. The van der Waals surface area contributed by atoms with Gasteiger partial charge in [-0.2, -0.15) is 0 Å². The summed E-state index contributed by atoms with van der Waals surface area (Å²) >= 11 is 0. The maximum Gasteiger partial charge on any atom is 0.326 e. The van der Waals surface area contributed by atoms with Gasteiger partial charge in [-0.05, 0) is 30.7 Å². The fourth-order valence-electron chi connectivity index (χ4n) is 2.03. The Kier molecular flexibility index (Phi) is 7.26. The van der Waals surface area contributed by atoms with Gasteiger partial charge in [-0.15, -0.1) is 0 Å². The third kappa shape index (κ3) is 6.42. The topological polar surface area (TPSA) is 155 Å². The lowest BCUT2D eigenvalue weighted by Crippen LogP contribution is -2.41. The van der Waals surface area contributed by atoms with E-state index in [1.807, 2.05) is 0 Å². The molecule has 25 heavy (non-hydrogen) atoms. The Morgan fingerprint density at radius 3 is 2.32 bits per heavy atom. The zero-order valence-corrected chi connectivity index (χ0v) is 13.7. The van der Waals surface area contributed by atoms with Gasteiger partial charge < -0.3 is 31.2 Å². The molecule has 0 aliphatic heterocycles. The van der Waals surface area contributed by atoms with Gasteiger partial charge in [-0.1, -0.05) is 0 Å². The third-order valence-electron chi connectivity index (χ3n) is 3.40. The van der Waals surface area contributed by atoms with Crippen molar-refractivity contribution >= 4 is 35.5 Å². The first kappa shape index (κ1) is 19.8. The van der Waals surface area contributed by atoms with Crippen molar-refractivity contribution in [2.24, 2.45) is 0 Å². The van der Waals surface area contributed by atoms with Gasteiger partial charge in [0.15, 0.2) is 0 Å². The molecule has 0 saturated heterocycles. The largest absolute Gasteiger partial charge is 0.481 e. The summed E-state index contributed by atoms with van der Waals surface area (Å²) in [6, 6.07) is 5.01. The summed E-state index contributed by atoms with van der Waals surface area (Å²) in [4.78, 5) is 35.5. The molecule has 0 unspecified atom stereocenters. The van der Waals surface area contributed by atoms with Crippen LogP contribution in [0.25, 0.3) is 0 Å². The molecule has 9 heteroatoms. The van der Waals surface area contributed by atoms with E-state index in [1.165, 1.54) is 12.1 Å². The monoisotopic (exact) mass is 348 g/mol. The lowest BCUT2D eigenvalue weighted by Gasteiger charge is -2.19. The van der Waals surface area contributed by atoms with Crippen molar-refractivity contribution in [3.8, 4) is 0 Å². The van der Waals surface area contributed by atoms with Crippen molar-refractivity contribution in [1.29, 1.82) is 10.8 Å². The second-order valence-corrected chi connectivity index (χ2v) is 5.37. The first-order valence-electron chi connectivity index (χ1n) is 7.39. The molecular formula is C16H20N4O5. The zero-order valence-electron chi connectivity index (χ0n) is 13.7. The highest BCUT2D eigenvalue weighted by atomic mass is 16.4. The van der Waals surface area contributed by atoms with Crippen LogP contribution in [0, 0.1) is 10.8 Å². The number of carboxylic acids is 2. The summed E-state index contributed by atoms with van der Waals surface area (Å²) in [6.45, 7) is 0.241. The van der Waals surface area contributed by atoms with Crippen molar-refractivity contribution in [3.05, 3.63) is 29.8 Å². The normalized spacial score (nSPS) is 11.2. The fourth-order valence-corrected chi connectivity index (χ4v) is 2.03. The number of nitrogens with zero attached hydrogens (tertiary/aromatic N) is 1. The Morgan fingerprint density at radius 1 is 1.24 bits per heavy atom. The maximum atomic E-state index is 12.1. The molecule has 134 valence electrons. The smallest absolute Gasteiger partial charge is 0.326 e. The Morgan fingerprint density at radius 2 is 1.84 bits per heavy atom. The maximum absolute atomic E-state index is 12.1. The molecule has 0 aliphatic carbocycles. The number of rotatable bonds is 10. The van der Waals surface area contributed by atoms with Gasteiger partial charge >= 0.3 is 11.9 Å². The molecule has 1 aromatic rings. The van der Waals surface area contributed by atoms with Crippen LogP contribution in [0.1, 0.15) is 23.2 Å². The first-order valence-corrected chi connectivity index (χ1v) is 7.39. The number of aliphatic carboxylic acids is 2. The van der Waals surface area contributed by atoms with Crippen LogP contribution in [0.15, 0.2) is 24.3 Å². The van der Waals surface area contributed by atoms with E-state index in [9.17, 15) is 14.4 Å². The van der Waals surface area contributed by atoms with Crippen molar-refractivity contribution in [2.75, 3.05) is 18.5 Å². The highest BCUT2D eigenvalue weighted by molar-refractivity contribution is 6.29. The highest BCUT2D eigenvalue weighted by Crippen LogP contribution is 2.14. The summed E-state index contributed by atoms with van der Waals surface area (Å²) in [6.07, 6.45) is 0.379. The number of carboxylic acid groups (broad SMARTS) is 2. The molecule has 0 aromatic heterocycles. The number of hydrogen-bond acceptors (Lipinski definition) is 6. The van der Waals surface area contributed by atoms with Crippen LogP contribution in [0.3, 0.4) is 0 Å². The molecule has 0 heterocycles. The number of carbonyl (C=O) groups excluding carboxylic acids is 1. The standard InChI is InChI=1S/C16H20N4O5/c1-20(9-11(18)8-17)12-4-2-10(3-5-12)15(23)19-13(16(24)25)6-7-14(21)22/h2-5,8,13,17-18H,6-7,9H2,1H3,(H,19,23)(H,21,22)(H,24,25)/t13-/m0/s1. The molecular weight excluding hydrogens is 328 g/mol. The Balaban J connectivity index is 2.75. The van der Waals surface area contributed by atoms with Crippen molar-refractivity contribution < 1.29 is 24.6 Å². The van der Waals surface area contributed by atoms with Gasteiger partial charge in [0.2, 0.25) is 0 Å². The number of amides is 1. The van der Waals surface area contributed by atoms with Crippen LogP contribution in [-0.4, -0.2) is 59.6 Å². The molecule has 0 fully saturated rings. The third-order valence-corrected chi connectivity index (χ3v) is 3.40. The summed E-state index contributed by atoms with van der Waals surface area (Å²) in [5.74, 6) is -3.04. The minimum Gasteiger partial charge on any atom is -0.481 e. The molecule has 1 atom stereocenters. The predicted octanol–water partition coefficient (Wildman–Crippen LogP) is 0.840. The Bertz CT molecular complexity index is 672. The molecule has 1 aromatic carbocycles. The second-order valence-electron chi connectivity index (χ2n) is 5.37. The average Bonchev–Trinajstić information content (AvgIpc) is 2.57. The lowest BCUT2D eigenvalue weighted by molar-refractivity contribution is -0.140. The van der Waals surface area contributed by atoms with Gasteiger partial charge in [0, 0.05) is 30.9 Å². The highest BCUT2D eigenvalue weighted by Gasteiger charge is 2.21. The Hall–Kier alpha value is -3.23. The number of benzene rings is 1. The van der Waals surface area contributed by atoms with E-state index in [2.05, 4.69) is 5.32 Å². The van der Waals surface area contributed by atoms with Gasteiger partial charge in [0.1, 0.15) is 6.04 Å². The summed E-state index contributed by atoms with van der Waals surface area (Å²) < 4.78 is 0. The van der Waals surface area contributed by atoms with Crippen LogP contribution >= 0.6 is 0 Å². The molecule has 1 amide bonds. The van der Waals surface area contributed by atoms with Crippen LogP contribution < -0.4 is 10.2 Å². The van der Waals surface area contributed by atoms with Gasteiger partial charge in [0.25, 0.3) is 5.91 Å². The summed E-state index contributed by atoms with van der Waals surface area (Å²) in [7, 11) is 1.74. The molecule has 5 N–H and O–H groups in total. The number of carbonyl (C=O) groups is 3. The molecule has 0 bridgehead atoms. The van der Waals surface area contributed by atoms with E-state index in [0.29, 0.717) is 0 Å². The molecule has 9 nitrogen and oxygen atoms in total.